The molecule has 1 unspecified atom stereocenters. The van der Waals surface area contributed by atoms with Crippen LogP contribution >= 0.6 is 0 Å². The van der Waals surface area contributed by atoms with Gasteiger partial charge in [0.2, 0.25) is 0 Å². The van der Waals surface area contributed by atoms with Crippen molar-refractivity contribution in [1.82, 2.24) is 0 Å². The van der Waals surface area contributed by atoms with Crippen LogP contribution in [-0.4, -0.2) is 12.1 Å². The molecule has 1 rings (SSSR count). The number of ether oxygens (including phenoxy) is 1. The summed E-state index contributed by atoms with van der Waals surface area (Å²) in [6, 6.07) is 4.93. The van der Waals surface area contributed by atoms with Gasteiger partial charge in [-0.15, -0.1) is 0 Å². The van der Waals surface area contributed by atoms with Crippen molar-refractivity contribution in [3.05, 3.63) is 29.8 Å². The zero-order chi connectivity index (χ0) is 12.2. The molecule has 0 aliphatic carbocycles. The van der Waals surface area contributed by atoms with Gasteiger partial charge in [0, 0.05) is 12.5 Å². The van der Waals surface area contributed by atoms with Gasteiger partial charge in [-0.25, -0.2) is 8.78 Å². The number of hydrogen-bond donors (Lipinski definition) is 1. The van der Waals surface area contributed by atoms with Crippen LogP contribution in [0.3, 0.4) is 0 Å². The van der Waals surface area contributed by atoms with E-state index in [1.165, 1.54) is 6.07 Å². The first-order valence-electron chi connectivity index (χ1n) is 4.72. The summed E-state index contributed by atoms with van der Waals surface area (Å²) >= 11 is 0. The van der Waals surface area contributed by atoms with Gasteiger partial charge in [0.05, 0.1) is 12.7 Å². The van der Waals surface area contributed by atoms with Gasteiger partial charge in [-0.2, -0.15) is 5.26 Å². The molecule has 0 bridgehead atoms. The highest BCUT2D eigenvalue weighted by atomic mass is 19.1. The normalized spacial score (nSPS) is 13.9. The molecule has 1 aromatic carbocycles. The summed E-state index contributed by atoms with van der Waals surface area (Å²) in [6.07, 6.45) is 0.264. The molecule has 16 heavy (non-hydrogen) atoms. The second-order valence-electron chi connectivity index (χ2n) is 3.70. The molecule has 0 fully saturated rings. The number of rotatable bonds is 4. The number of nitrogens with zero attached hydrogens (tertiary/aromatic N) is 1. The minimum absolute atomic E-state index is 0.0462. The lowest BCUT2D eigenvalue weighted by atomic mass is 10.0. The number of benzene rings is 1. The summed E-state index contributed by atoms with van der Waals surface area (Å²) < 4.78 is 30.7. The van der Waals surface area contributed by atoms with Crippen molar-refractivity contribution in [2.75, 3.05) is 6.61 Å². The molecule has 0 saturated heterocycles. The molecule has 0 amide bonds. The number of nitriles is 1. The maximum absolute atomic E-state index is 13.1. The molecule has 1 aromatic rings. The molecule has 0 saturated carbocycles. The fourth-order valence-electron chi connectivity index (χ4n) is 1.02. The van der Waals surface area contributed by atoms with Crippen molar-refractivity contribution in [2.45, 2.75) is 18.9 Å². The molecule has 0 aliphatic rings. The number of halogens is 2. The monoisotopic (exact) mass is 226 g/mol. The summed E-state index contributed by atoms with van der Waals surface area (Å²) in [7, 11) is 0. The van der Waals surface area contributed by atoms with E-state index in [0.717, 1.165) is 12.1 Å². The Balaban J connectivity index is 2.53. The second-order valence-corrected chi connectivity index (χ2v) is 3.70. The fraction of sp³-hybridized carbons (Fsp3) is 0.364. The number of hydrogen-bond acceptors (Lipinski definition) is 3. The third kappa shape index (κ3) is 3.48. The van der Waals surface area contributed by atoms with Crippen molar-refractivity contribution in [2.24, 2.45) is 5.73 Å². The Hall–Kier alpha value is -1.67. The van der Waals surface area contributed by atoms with Crippen LogP contribution in [0.25, 0.3) is 0 Å². The zero-order valence-corrected chi connectivity index (χ0v) is 8.84. The van der Waals surface area contributed by atoms with E-state index < -0.39 is 17.2 Å². The summed E-state index contributed by atoms with van der Waals surface area (Å²) in [5, 5.41) is 8.63. The quantitative estimate of drug-likeness (QED) is 0.853. The third-order valence-corrected chi connectivity index (χ3v) is 2.03. The third-order valence-electron chi connectivity index (χ3n) is 2.03. The van der Waals surface area contributed by atoms with Gasteiger partial charge in [-0.1, -0.05) is 0 Å². The standard InChI is InChI=1S/C11H12F2N2O/c1-11(15,7-14)4-5-16-10-3-2-8(12)6-9(10)13/h2-3,6H,4-5,15H2,1H3. The average molecular weight is 226 g/mol. The summed E-state index contributed by atoms with van der Waals surface area (Å²) in [5.41, 5.74) is 4.54. The van der Waals surface area contributed by atoms with E-state index >= 15 is 0 Å². The van der Waals surface area contributed by atoms with E-state index in [1.807, 2.05) is 6.07 Å². The Labute approximate surface area is 92.4 Å². The highest BCUT2D eigenvalue weighted by Crippen LogP contribution is 2.18. The highest BCUT2D eigenvalue weighted by Gasteiger charge is 2.17. The van der Waals surface area contributed by atoms with Gasteiger partial charge >= 0.3 is 0 Å². The van der Waals surface area contributed by atoms with Crippen LogP contribution in [0.5, 0.6) is 5.75 Å². The van der Waals surface area contributed by atoms with E-state index in [-0.39, 0.29) is 18.8 Å². The molecular formula is C11H12F2N2O. The van der Waals surface area contributed by atoms with Gasteiger partial charge in [-0.3, -0.25) is 0 Å². The minimum Gasteiger partial charge on any atom is -0.490 e. The summed E-state index contributed by atoms with van der Waals surface area (Å²) in [4.78, 5) is 0. The lowest BCUT2D eigenvalue weighted by molar-refractivity contribution is 0.273. The molecule has 86 valence electrons. The van der Waals surface area contributed by atoms with E-state index in [0.29, 0.717) is 0 Å². The van der Waals surface area contributed by atoms with Gasteiger partial charge in [-0.05, 0) is 19.1 Å². The SMILES string of the molecule is CC(N)(C#N)CCOc1ccc(F)cc1F. The first-order valence-corrected chi connectivity index (χ1v) is 4.72. The molecular weight excluding hydrogens is 214 g/mol. The maximum Gasteiger partial charge on any atom is 0.167 e. The van der Waals surface area contributed by atoms with Crippen molar-refractivity contribution >= 4 is 0 Å². The van der Waals surface area contributed by atoms with Crippen LogP contribution in [0.2, 0.25) is 0 Å². The number of nitrogens with two attached hydrogens (primary N) is 1. The molecule has 3 nitrogen and oxygen atoms in total. The second kappa shape index (κ2) is 4.90. The van der Waals surface area contributed by atoms with Crippen LogP contribution in [-0.2, 0) is 0 Å². The minimum atomic E-state index is -1.00. The largest absolute Gasteiger partial charge is 0.490 e. The van der Waals surface area contributed by atoms with E-state index in [2.05, 4.69) is 0 Å². The predicted octanol–water partition coefficient (Wildman–Crippen LogP) is 1.97. The Morgan fingerprint density at radius 3 is 2.75 bits per heavy atom. The van der Waals surface area contributed by atoms with Crippen molar-refractivity contribution in [1.29, 1.82) is 5.26 Å². The van der Waals surface area contributed by atoms with Gasteiger partial charge in [0.15, 0.2) is 11.6 Å². The summed E-state index contributed by atoms with van der Waals surface area (Å²) in [6.45, 7) is 1.65. The Morgan fingerprint density at radius 2 is 2.19 bits per heavy atom. The first-order chi connectivity index (χ1) is 7.44. The van der Waals surface area contributed by atoms with Gasteiger partial charge in [0.1, 0.15) is 11.4 Å². The van der Waals surface area contributed by atoms with E-state index in [9.17, 15) is 8.78 Å². The van der Waals surface area contributed by atoms with Gasteiger partial charge in [0.25, 0.3) is 0 Å². The lowest BCUT2D eigenvalue weighted by Gasteiger charge is -2.15. The average Bonchev–Trinajstić information content (AvgIpc) is 2.21. The van der Waals surface area contributed by atoms with Crippen molar-refractivity contribution < 1.29 is 13.5 Å². The Morgan fingerprint density at radius 1 is 1.50 bits per heavy atom. The molecule has 0 heterocycles. The van der Waals surface area contributed by atoms with Crippen LogP contribution in [0, 0.1) is 23.0 Å². The first kappa shape index (κ1) is 12.4. The highest BCUT2D eigenvalue weighted by molar-refractivity contribution is 5.24. The van der Waals surface area contributed by atoms with Crippen LogP contribution in [0.15, 0.2) is 18.2 Å². The predicted molar refractivity (Wildman–Crippen MR) is 54.7 cm³/mol. The summed E-state index contributed by atoms with van der Waals surface area (Å²) in [5.74, 6) is -1.48. The van der Waals surface area contributed by atoms with E-state index in [1.54, 1.807) is 6.92 Å². The molecule has 0 aromatic heterocycles. The van der Waals surface area contributed by atoms with Gasteiger partial charge < -0.3 is 10.5 Å². The van der Waals surface area contributed by atoms with Crippen LogP contribution < -0.4 is 10.5 Å². The Kier molecular flexibility index (Phi) is 3.80. The van der Waals surface area contributed by atoms with E-state index in [4.69, 9.17) is 15.7 Å². The fourth-order valence-corrected chi connectivity index (χ4v) is 1.02. The topological polar surface area (TPSA) is 59.0 Å². The van der Waals surface area contributed by atoms with Crippen LogP contribution in [0.1, 0.15) is 13.3 Å². The molecule has 0 aliphatic heterocycles. The molecule has 2 N–H and O–H groups in total. The maximum atomic E-state index is 13.1. The van der Waals surface area contributed by atoms with Crippen LogP contribution in [0.4, 0.5) is 8.78 Å². The molecule has 1 atom stereocenters. The molecule has 5 heteroatoms. The van der Waals surface area contributed by atoms with Crippen molar-refractivity contribution in [3.63, 3.8) is 0 Å². The zero-order valence-electron chi connectivity index (χ0n) is 8.84. The molecule has 0 spiro atoms. The van der Waals surface area contributed by atoms with Crippen molar-refractivity contribution in [3.8, 4) is 11.8 Å². The molecule has 0 radical (unpaired) electrons. The Bertz CT molecular complexity index is 413. The smallest absolute Gasteiger partial charge is 0.167 e. The lowest BCUT2D eigenvalue weighted by Crippen LogP contribution is -2.35.